The third kappa shape index (κ3) is 5.21. The summed E-state index contributed by atoms with van der Waals surface area (Å²) < 4.78 is 46.5. The summed E-state index contributed by atoms with van der Waals surface area (Å²) in [4.78, 5) is 16.0. The van der Waals surface area contributed by atoms with Gasteiger partial charge in [-0.15, -0.1) is 0 Å². The van der Waals surface area contributed by atoms with Crippen molar-refractivity contribution in [3.05, 3.63) is 90.1 Å². The molecule has 2 unspecified atom stereocenters. The molecule has 1 fully saturated rings. The van der Waals surface area contributed by atoms with Gasteiger partial charge < -0.3 is 9.66 Å². The Kier molecular flexibility index (Phi) is 7.18. The number of sulfone groups is 1. The highest BCUT2D eigenvalue weighted by Gasteiger charge is 2.53. The molecule has 1 aromatic heterocycles. The lowest BCUT2D eigenvalue weighted by molar-refractivity contribution is -0.138. The number of rotatable bonds is 9. The van der Waals surface area contributed by atoms with E-state index in [1.807, 2.05) is 60.7 Å². The van der Waals surface area contributed by atoms with Gasteiger partial charge in [0.15, 0.2) is 20.9 Å². The van der Waals surface area contributed by atoms with E-state index in [2.05, 4.69) is 4.98 Å². The van der Waals surface area contributed by atoms with Gasteiger partial charge in [0.25, 0.3) is 0 Å². The molecule has 0 bridgehead atoms. The van der Waals surface area contributed by atoms with Gasteiger partial charge in [0.1, 0.15) is 0 Å². The minimum absolute atomic E-state index is 0.134. The number of aromatic nitrogens is 1. The first-order chi connectivity index (χ1) is 18.8. The number of fused-ring (bicyclic) bond motifs is 1. The van der Waals surface area contributed by atoms with E-state index in [1.165, 1.54) is 6.26 Å². The summed E-state index contributed by atoms with van der Waals surface area (Å²) in [6, 6.07) is 22.8. The zero-order valence-electron chi connectivity index (χ0n) is 22.5. The molecule has 40 heavy (non-hydrogen) atoms. The van der Waals surface area contributed by atoms with Crippen LogP contribution in [0.25, 0.3) is 33.2 Å². The van der Waals surface area contributed by atoms with Gasteiger partial charge in [0, 0.05) is 28.8 Å². The predicted octanol–water partition coefficient (Wildman–Crippen LogP) is 6.37. The molecule has 1 heterocycles. The van der Waals surface area contributed by atoms with Crippen molar-refractivity contribution in [3.8, 4) is 22.3 Å². The number of hydrogen-bond acceptors (Lipinski definition) is 5. The first-order valence-electron chi connectivity index (χ1n) is 12.9. The molecule has 0 radical (unpaired) electrons. The smallest absolute Gasteiger partial charge is 0.303 e. The Bertz CT molecular complexity index is 1740. The van der Waals surface area contributed by atoms with Gasteiger partial charge in [-0.25, -0.2) is 12.6 Å². The third-order valence-electron chi connectivity index (χ3n) is 8.20. The maximum atomic E-state index is 12.6. The zero-order valence-corrected chi connectivity index (χ0v) is 24.1. The van der Waals surface area contributed by atoms with Crippen LogP contribution in [0.15, 0.2) is 79.0 Å². The monoisotopic (exact) mass is 577 g/mol. The molecule has 0 saturated heterocycles. The Labute approximate surface area is 236 Å². The second kappa shape index (κ2) is 10.2. The summed E-state index contributed by atoms with van der Waals surface area (Å²) in [6.07, 6.45) is 4.04. The first kappa shape index (κ1) is 28.1. The lowest BCUT2D eigenvalue weighted by Crippen LogP contribution is -2.28. The van der Waals surface area contributed by atoms with Crippen LogP contribution >= 0.6 is 0 Å². The predicted molar refractivity (Wildman–Crippen MR) is 158 cm³/mol. The molecule has 0 spiro atoms. The van der Waals surface area contributed by atoms with Gasteiger partial charge in [-0.05, 0) is 78.8 Å². The van der Waals surface area contributed by atoms with Crippen molar-refractivity contribution in [1.82, 2.24) is 4.98 Å². The van der Waals surface area contributed by atoms with E-state index in [9.17, 15) is 27.1 Å². The van der Waals surface area contributed by atoms with Crippen LogP contribution in [0.3, 0.4) is 0 Å². The largest absolute Gasteiger partial charge is 0.481 e. The number of carboxylic acids is 1. The normalized spacial score (nSPS) is 16.4. The van der Waals surface area contributed by atoms with Crippen molar-refractivity contribution in [1.29, 1.82) is 0 Å². The lowest BCUT2D eigenvalue weighted by Gasteiger charge is -2.24. The standard InChI is InChI=1S/C31H31NO6S2/c1-30(2,40(3,37)38)25-17-24-8-5-15-32-28(24)26(18-25)23-7-4-6-22(16-23)20-9-11-21(12-10-20)29(39(35)36)31(13-14-31)19-27(33)34/h4-12,15-18,29H,13-14,19H2,1-3H3,(H,33,34)(H,35,36). The molecule has 3 aromatic carbocycles. The molecule has 1 aliphatic rings. The van der Waals surface area contributed by atoms with Crippen molar-refractivity contribution < 1.29 is 27.1 Å². The number of carbonyl (C=O) groups is 1. The average Bonchev–Trinajstić information content (AvgIpc) is 3.66. The molecule has 2 atom stereocenters. The summed E-state index contributed by atoms with van der Waals surface area (Å²) in [6.45, 7) is 3.41. The summed E-state index contributed by atoms with van der Waals surface area (Å²) >= 11 is -2.20. The van der Waals surface area contributed by atoms with Crippen LogP contribution in [0, 0.1) is 5.41 Å². The van der Waals surface area contributed by atoms with Crippen molar-refractivity contribution in [2.75, 3.05) is 6.26 Å². The Balaban J connectivity index is 1.55. The Morgan fingerprint density at radius 1 is 1.00 bits per heavy atom. The van der Waals surface area contributed by atoms with Crippen LogP contribution < -0.4 is 0 Å². The molecule has 9 heteroatoms. The van der Waals surface area contributed by atoms with Crippen LogP contribution in [0.2, 0.25) is 0 Å². The minimum Gasteiger partial charge on any atom is -0.481 e. The number of benzene rings is 3. The molecular formula is C31H31NO6S2. The summed E-state index contributed by atoms with van der Waals surface area (Å²) in [5.41, 5.74) is 4.91. The van der Waals surface area contributed by atoms with E-state index in [0.29, 0.717) is 24.0 Å². The van der Waals surface area contributed by atoms with Gasteiger partial charge in [0.05, 0.1) is 21.9 Å². The Morgan fingerprint density at radius 3 is 2.27 bits per heavy atom. The molecule has 0 aliphatic heterocycles. The fourth-order valence-electron chi connectivity index (χ4n) is 5.37. The van der Waals surface area contributed by atoms with Gasteiger partial charge in [-0.2, -0.15) is 0 Å². The van der Waals surface area contributed by atoms with Crippen LogP contribution in [0.4, 0.5) is 0 Å². The molecule has 1 aliphatic carbocycles. The first-order valence-corrected chi connectivity index (χ1v) is 16.0. The third-order valence-corrected chi connectivity index (χ3v) is 11.5. The second-order valence-corrected chi connectivity index (χ2v) is 14.8. The van der Waals surface area contributed by atoms with E-state index < -0.39 is 42.3 Å². The van der Waals surface area contributed by atoms with Gasteiger partial charge >= 0.3 is 5.97 Å². The second-order valence-electron chi connectivity index (χ2n) is 11.2. The van der Waals surface area contributed by atoms with Crippen LogP contribution in [0.5, 0.6) is 0 Å². The van der Waals surface area contributed by atoms with Crippen LogP contribution in [-0.2, 0) is 30.5 Å². The van der Waals surface area contributed by atoms with Crippen molar-refractivity contribution in [3.63, 3.8) is 0 Å². The summed E-state index contributed by atoms with van der Waals surface area (Å²) in [5.74, 6) is -0.965. The molecule has 2 N–H and O–H groups in total. The number of hydrogen-bond donors (Lipinski definition) is 2. The highest BCUT2D eigenvalue weighted by molar-refractivity contribution is 7.91. The fourth-order valence-corrected chi connectivity index (χ4v) is 7.05. The van der Waals surface area contributed by atoms with Gasteiger partial charge in [0.2, 0.25) is 0 Å². The number of nitrogens with zero attached hydrogens (tertiary/aromatic N) is 1. The topological polar surface area (TPSA) is 122 Å². The van der Waals surface area contributed by atoms with Crippen LogP contribution in [-0.4, -0.2) is 39.5 Å². The van der Waals surface area contributed by atoms with E-state index in [0.717, 1.165) is 33.2 Å². The number of pyridine rings is 1. The van der Waals surface area contributed by atoms with Gasteiger partial charge in [-0.3, -0.25) is 9.78 Å². The fraction of sp³-hybridized carbons (Fsp3) is 0.290. The van der Waals surface area contributed by atoms with Gasteiger partial charge in [-0.1, -0.05) is 48.5 Å². The quantitative estimate of drug-likeness (QED) is 0.222. The highest BCUT2D eigenvalue weighted by atomic mass is 32.2. The summed E-state index contributed by atoms with van der Waals surface area (Å²) in [5, 5.41) is 9.42. The lowest BCUT2D eigenvalue weighted by atomic mass is 9.90. The van der Waals surface area contributed by atoms with E-state index >= 15 is 0 Å². The van der Waals surface area contributed by atoms with Crippen molar-refractivity contribution in [2.24, 2.45) is 5.41 Å². The van der Waals surface area contributed by atoms with E-state index in [1.54, 1.807) is 32.2 Å². The van der Waals surface area contributed by atoms with Crippen molar-refractivity contribution in [2.45, 2.75) is 43.1 Å². The summed E-state index contributed by atoms with van der Waals surface area (Å²) in [7, 11) is -3.40. The molecule has 4 aromatic rings. The highest BCUT2D eigenvalue weighted by Crippen LogP contribution is 2.59. The van der Waals surface area contributed by atoms with E-state index in [4.69, 9.17) is 0 Å². The van der Waals surface area contributed by atoms with Crippen molar-refractivity contribution >= 4 is 37.8 Å². The molecule has 208 valence electrons. The maximum Gasteiger partial charge on any atom is 0.303 e. The molecule has 5 rings (SSSR count). The molecular weight excluding hydrogens is 546 g/mol. The average molecular weight is 578 g/mol. The Hall–Kier alpha value is -3.40. The number of aliphatic carboxylic acids is 1. The van der Waals surface area contributed by atoms with Crippen LogP contribution in [0.1, 0.15) is 49.5 Å². The molecule has 7 nitrogen and oxygen atoms in total. The molecule has 1 saturated carbocycles. The minimum atomic E-state index is -3.40. The maximum absolute atomic E-state index is 12.6. The molecule has 0 amide bonds. The zero-order chi connectivity index (χ0) is 28.9. The SMILES string of the molecule is CC(C)(c1cc(-c2cccc(-c3ccc(C(S(=O)O)C4(CC(=O)O)CC4)cc3)c2)c2ncccc2c1)S(C)(=O)=O. The Morgan fingerprint density at radius 2 is 1.68 bits per heavy atom. The number of carboxylic acid groups (broad SMARTS) is 1. The van der Waals surface area contributed by atoms with E-state index in [-0.39, 0.29) is 6.42 Å².